The average Bonchev–Trinajstić information content (AvgIpc) is 2.70. The lowest BCUT2D eigenvalue weighted by molar-refractivity contribution is 0.0643. The number of carboxylic acid groups (broad SMARTS) is 1. The van der Waals surface area contributed by atoms with Gasteiger partial charge in [-0.3, -0.25) is 0 Å². The molecule has 2 rings (SSSR count). The van der Waals surface area contributed by atoms with E-state index in [9.17, 15) is 4.79 Å². The lowest BCUT2D eigenvalue weighted by Gasteiger charge is -1.96. The molecule has 5 nitrogen and oxygen atoms in total. The van der Waals surface area contributed by atoms with Crippen molar-refractivity contribution in [2.24, 2.45) is 0 Å². The maximum Gasteiger partial charge on any atom is 0.394 e. The number of carboxylic acids is 1. The molecule has 82 valence electrons. The molecule has 0 radical (unpaired) electrons. The Morgan fingerprint density at radius 1 is 1.38 bits per heavy atom. The van der Waals surface area contributed by atoms with Gasteiger partial charge < -0.3 is 9.63 Å². The first-order chi connectivity index (χ1) is 7.65. The summed E-state index contributed by atoms with van der Waals surface area (Å²) in [5, 5.41) is 12.2. The molecule has 1 heterocycles. The van der Waals surface area contributed by atoms with Gasteiger partial charge >= 0.3 is 11.9 Å². The van der Waals surface area contributed by atoms with Crippen molar-refractivity contribution in [3.05, 3.63) is 47.1 Å². The number of aryl methyl sites for hydroxylation is 1. The minimum absolute atomic E-state index is 0.373. The predicted octanol–water partition coefficient (Wildman–Crippen LogP) is 1.67. The van der Waals surface area contributed by atoms with Crippen molar-refractivity contribution in [2.75, 3.05) is 0 Å². The summed E-state index contributed by atoms with van der Waals surface area (Å²) in [6, 6.07) is 7.86. The Balaban J connectivity index is 2.14. The summed E-state index contributed by atoms with van der Waals surface area (Å²) in [5.74, 6) is -1.20. The first kappa shape index (κ1) is 10.4. The molecule has 16 heavy (non-hydrogen) atoms. The smallest absolute Gasteiger partial charge is 0.394 e. The molecular formula is C11H10N2O3. The zero-order chi connectivity index (χ0) is 11.5. The fourth-order valence-corrected chi connectivity index (χ4v) is 1.30. The van der Waals surface area contributed by atoms with Crippen LogP contribution in [0.2, 0.25) is 0 Å². The molecule has 0 saturated heterocycles. The highest BCUT2D eigenvalue weighted by atomic mass is 16.5. The third-order valence-corrected chi connectivity index (χ3v) is 2.13. The molecule has 1 aromatic carbocycles. The van der Waals surface area contributed by atoms with Gasteiger partial charge in [0.15, 0.2) is 5.82 Å². The number of hydrogen-bond acceptors (Lipinski definition) is 4. The fourth-order valence-electron chi connectivity index (χ4n) is 1.30. The Bertz CT molecular complexity index is 502. The van der Waals surface area contributed by atoms with Gasteiger partial charge in [-0.25, -0.2) is 4.79 Å². The van der Waals surface area contributed by atoms with Crippen LogP contribution in [0.3, 0.4) is 0 Å². The van der Waals surface area contributed by atoms with Crippen LogP contribution >= 0.6 is 0 Å². The Morgan fingerprint density at radius 2 is 2.06 bits per heavy atom. The standard InChI is InChI=1S/C11H10N2O3/c1-7-2-4-8(5-3-7)6-9-12-10(11(14)15)16-13-9/h2-5H,6H2,1H3,(H,14,15). The molecule has 2 aromatic rings. The van der Waals surface area contributed by atoms with E-state index in [0.29, 0.717) is 12.2 Å². The number of rotatable bonds is 3. The minimum atomic E-state index is -1.21. The minimum Gasteiger partial charge on any atom is -0.474 e. The molecule has 0 aliphatic carbocycles. The van der Waals surface area contributed by atoms with Gasteiger partial charge in [-0.15, -0.1) is 0 Å². The molecule has 0 unspecified atom stereocenters. The van der Waals surface area contributed by atoms with Gasteiger partial charge in [0.25, 0.3) is 0 Å². The van der Waals surface area contributed by atoms with Crippen molar-refractivity contribution in [3.63, 3.8) is 0 Å². The number of nitrogens with zero attached hydrogens (tertiary/aromatic N) is 2. The van der Waals surface area contributed by atoms with E-state index >= 15 is 0 Å². The summed E-state index contributed by atoms with van der Waals surface area (Å²) in [4.78, 5) is 14.3. The second-order valence-corrected chi connectivity index (χ2v) is 3.48. The number of benzene rings is 1. The van der Waals surface area contributed by atoms with Crippen molar-refractivity contribution < 1.29 is 14.4 Å². The monoisotopic (exact) mass is 218 g/mol. The van der Waals surface area contributed by atoms with Crippen LogP contribution in [0.15, 0.2) is 28.8 Å². The van der Waals surface area contributed by atoms with Crippen molar-refractivity contribution in [2.45, 2.75) is 13.3 Å². The summed E-state index contributed by atoms with van der Waals surface area (Å²) in [6.07, 6.45) is 0.469. The number of aromatic carboxylic acids is 1. The highest BCUT2D eigenvalue weighted by Crippen LogP contribution is 2.08. The molecule has 0 aliphatic rings. The molecule has 0 fully saturated rings. The first-order valence-corrected chi connectivity index (χ1v) is 4.76. The number of carbonyl (C=O) groups is 1. The van der Waals surface area contributed by atoms with Crippen LogP contribution in [-0.4, -0.2) is 21.2 Å². The van der Waals surface area contributed by atoms with Crippen molar-refractivity contribution >= 4 is 5.97 Å². The van der Waals surface area contributed by atoms with Crippen molar-refractivity contribution in [1.29, 1.82) is 0 Å². The lowest BCUT2D eigenvalue weighted by atomic mass is 10.1. The van der Waals surface area contributed by atoms with Gasteiger partial charge in [0.2, 0.25) is 0 Å². The van der Waals surface area contributed by atoms with Crippen molar-refractivity contribution in [1.82, 2.24) is 10.1 Å². The topological polar surface area (TPSA) is 76.2 Å². The van der Waals surface area contributed by atoms with Gasteiger partial charge in [-0.2, -0.15) is 4.98 Å². The first-order valence-electron chi connectivity index (χ1n) is 4.76. The molecule has 5 heteroatoms. The predicted molar refractivity (Wildman–Crippen MR) is 55.2 cm³/mol. The van der Waals surface area contributed by atoms with Gasteiger partial charge in [-0.1, -0.05) is 35.0 Å². The van der Waals surface area contributed by atoms with E-state index < -0.39 is 5.97 Å². The van der Waals surface area contributed by atoms with Crippen LogP contribution in [0.25, 0.3) is 0 Å². The highest BCUT2D eigenvalue weighted by Gasteiger charge is 2.13. The number of aromatic nitrogens is 2. The largest absolute Gasteiger partial charge is 0.474 e. The molecule has 0 atom stereocenters. The van der Waals surface area contributed by atoms with Crippen LogP contribution in [0.1, 0.15) is 27.6 Å². The Hall–Kier alpha value is -2.17. The molecule has 0 spiro atoms. The molecule has 1 aromatic heterocycles. The molecule has 0 bridgehead atoms. The fraction of sp³-hybridized carbons (Fsp3) is 0.182. The van der Waals surface area contributed by atoms with E-state index in [2.05, 4.69) is 14.7 Å². The maximum atomic E-state index is 10.5. The van der Waals surface area contributed by atoms with Crippen LogP contribution in [-0.2, 0) is 6.42 Å². The SMILES string of the molecule is Cc1ccc(Cc2noc(C(=O)O)n2)cc1. The zero-order valence-corrected chi connectivity index (χ0v) is 8.67. The Labute approximate surface area is 91.7 Å². The third-order valence-electron chi connectivity index (χ3n) is 2.13. The Kier molecular flexibility index (Phi) is 2.68. The zero-order valence-electron chi connectivity index (χ0n) is 8.67. The van der Waals surface area contributed by atoms with Crippen molar-refractivity contribution in [3.8, 4) is 0 Å². The summed E-state index contributed by atoms with van der Waals surface area (Å²) in [7, 11) is 0. The molecule has 0 aliphatic heterocycles. The quantitative estimate of drug-likeness (QED) is 0.847. The van der Waals surface area contributed by atoms with E-state index in [1.165, 1.54) is 5.56 Å². The van der Waals surface area contributed by atoms with Gasteiger partial charge in [0.05, 0.1) is 0 Å². The summed E-state index contributed by atoms with van der Waals surface area (Å²) < 4.78 is 4.56. The Morgan fingerprint density at radius 3 is 2.62 bits per heavy atom. The number of hydrogen-bond donors (Lipinski definition) is 1. The van der Waals surface area contributed by atoms with E-state index in [4.69, 9.17) is 5.11 Å². The third kappa shape index (κ3) is 2.25. The molecular weight excluding hydrogens is 208 g/mol. The van der Waals surface area contributed by atoms with E-state index in [-0.39, 0.29) is 5.89 Å². The summed E-state index contributed by atoms with van der Waals surface area (Å²) >= 11 is 0. The second-order valence-electron chi connectivity index (χ2n) is 3.48. The summed E-state index contributed by atoms with van der Waals surface area (Å²) in [6.45, 7) is 2.00. The van der Waals surface area contributed by atoms with Crippen LogP contribution < -0.4 is 0 Å². The van der Waals surface area contributed by atoms with Crippen LogP contribution in [0, 0.1) is 6.92 Å². The lowest BCUT2D eigenvalue weighted by Crippen LogP contribution is -1.97. The van der Waals surface area contributed by atoms with Gasteiger partial charge in [0.1, 0.15) is 0 Å². The molecule has 0 saturated carbocycles. The molecule has 1 N–H and O–H groups in total. The molecule has 0 amide bonds. The summed E-state index contributed by atoms with van der Waals surface area (Å²) in [5.41, 5.74) is 2.19. The van der Waals surface area contributed by atoms with Crippen LogP contribution in [0.4, 0.5) is 0 Å². The second kappa shape index (κ2) is 4.14. The van der Waals surface area contributed by atoms with Gasteiger partial charge in [0, 0.05) is 6.42 Å². The highest BCUT2D eigenvalue weighted by molar-refractivity contribution is 5.81. The van der Waals surface area contributed by atoms with E-state index in [1.54, 1.807) is 0 Å². The van der Waals surface area contributed by atoms with E-state index in [1.807, 2.05) is 31.2 Å². The maximum absolute atomic E-state index is 10.5. The normalized spacial score (nSPS) is 10.3. The van der Waals surface area contributed by atoms with Gasteiger partial charge in [-0.05, 0) is 12.5 Å². The van der Waals surface area contributed by atoms with Crippen LogP contribution in [0.5, 0.6) is 0 Å². The van der Waals surface area contributed by atoms with E-state index in [0.717, 1.165) is 5.56 Å². The average molecular weight is 218 g/mol.